The first-order valence-corrected chi connectivity index (χ1v) is 8.12. The molecule has 108 valence electrons. The second kappa shape index (κ2) is 6.14. The number of thioether (sulfide) groups is 1. The van der Waals surface area contributed by atoms with Crippen LogP contribution in [0.1, 0.15) is 17.4 Å². The Morgan fingerprint density at radius 1 is 1.19 bits per heavy atom. The van der Waals surface area contributed by atoms with E-state index in [-0.39, 0.29) is 6.04 Å². The summed E-state index contributed by atoms with van der Waals surface area (Å²) in [4.78, 5) is 1.23. The molecule has 0 aliphatic rings. The summed E-state index contributed by atoms with van der Waals surface area (Å²) >= 11 is 7.73. The van der Waals surface area contributed by atoms with Crippen LogP contribution in [0, 0.1) is 6.92 Å². The van der Waals surface area contributed by atoms with E-state index in [0.717, 1.165) is 22.5 Å². The van der Waals surface area contributed by atoms with Crippen molar-refractivity contribution in [2.24, 2.45) is 5.73 Å². The van der Waals surface area contributed by atoms with Gasteiger partial charge in [0.05, 0.1) is 6.04 Å². The van der Waals surface area contributed by atoms with Gasteiger partial charge in [0, 0.05) is 21.1 Å². The van der Waals surface area contributed by atoms with Crippen molar-refractivity contribution in [2.75, 3.05) is 5.75 Å². The summed E-state index contributed by atoms with van der Waals surface area (Å²) in [7, 11) is 0. The predicted molar refractivity (Wildman–Crippen MR) is 90.1 cm³/mol. The second-order valence-electron chi connectivity index (χ2n) is 5.06. The third kappa shape index (κ3) is 3.43. The Hall–Kier alpha value is -1.42. The van der Waals surface area contributed by atoms with Crippen LogP contribution in [-0.2, 0) is 0 Å². The Morgan fingerprint density at radius 2 is 2.05 bits per heavy atom. The number of rotatable bonds is 4. The van der Waals surface area contributed by atoms with E-state index < -0.39 is 0 Å². The van der Waals surface area contributed by atoms with E-state index in [2.05, 4.69) is 31.2 Å². The lowest BCUT2D eigenvalue weighted by atomic mass is 10.2. The van der Waals surface area contributed by atoms with Gasteiger partial charge in [0.25, 0.3) is 0 Å². The maximum Gasteiger partial charge on any atom is 0.134 e. The Bertz CT molecular complexity index is 768. The van der Waals surface area contributed by atoms with Crippen LogP contribution in [0.4, 0.5) is 0 Å². The fourth-order valence-corrected chi connectivity index (χ4v) is 3.35. The molecule has 2 N–H and O–H groups in total. The van der Waals surface area contributed by atoms with Gasteiger partial charge in [-0.2, -0.15) is 0 Å². The van der Waals surface area contributed by atoms with Gasteiger partial charge < -0.3 is 10.2 Å². The van der Waals surface area contributed by atoms with E-state index in [1.54, 1.807) is 11.8 Å². The van der Waals surface area contributed by atoms with Crippen LogP contribution in [0.3, 0.4) is 0 Å². The minimum atomic E-state index is -0.137. The Balaban J connectivity index is 1.73. The maximum absolute atomic E-state index is 6.24. The number of fused-ring (bicyclic) bond motifs is 1. The molecule has 0 aliphatic carbocycles. The third-order valence-electron chi connectivity index (χ3n) is 3.28. The quantitative estimate of drug-likeness (QED) is 0.673. The highest BCUT2D eigenvalue weighted by atomic mass is 35.5. The average molecular weight is 318 g/mol. The Morgan fingerprint density at radius 3 is 2.86 bits per heavy atom. The van der Waals surface area contributed by atoms with Crippen LogP contribution in [0.2, 0.25) is 5.02 Å². The Kier molecular flexibility index (Phi) is 4.24. The van der Waals surface area contributed by atoms with E-state index in [1.165, 1.54) is 10.5 Å². The highest BCUT2D eigenvalue weighted by molar-refractivity contribution is 7.99. The zero-order valence-corrected chi connectivity index (χ0v) is 13.2. The fourth-order valence-electron chi connectivity index (χ4n) is 2.19. The van der Waals surface area contributed by atoms with Crippen molar-refractivity contribution in [3.63, 3.8) is 0 Å². The van der Waals surface area contributed by atoms with Crippen LogP contribution in [0.5, 0.6) is 0 Å². The number of hydrogen-bond donors (Lipinski definition) is 1. The van der Waals surface area contributed by atoms with E-state index in [1.807, 2.05) is 24.3 Å². The van der Waals surface area contributed by atoms with Gasteiger partial charge in [-0.3, -0.25) is 0 Å². The lowest BCUT2D eigenvalue weighted by Gasteiger charge is -2.08. The summed E-state index contributed by atoms with van der Waals surface area (Å²) in [6.45, 7) is 2.09. The number of furan rings is 1. The monoisotopic (exact) mass is 317 g/mol. The molecule has 0 saturated carbocycles. The van der Waals surface area contributed by atoms with Crippen molar-refractivity contribution in [1.82, 2.24) is 0 Å². The third-order valence-corrected chi connectivity index (χ3v) is 4.63. The standard InChI is InChI=1S/C17H16ClNOS/c1-11-3-2-4-14(7-11)21-10-15(19)17-9-12-8-13(18)5-6-16(12)20-17/h2-9,15H,10,19H2,1H3. The van der Waals surface area contributed by atoms with Crippen molar-refractivity contribution >= 4 is 34.3 Å². The molecule has 2 nitrogen and oxygen atoms in total. The molecule has 3 aromatic rings. The minimum absolute atomic E-state index is 0.137. The maximum atomic E-state index is 6.24. The molecule has 2 aromatic carbocycles. The summed E-state index contributed by atoms with van der Waals surface area (Å²) < 4.78 is 5.80. The highest BCUT2D eigenvalue weighted by Gasteiger charge is 2.13. The van der Waals surface area contributed by atoms with Crippen LogP contribution in [-0.4, -0.2) is 5.75 Å². The molecular formula is C17H16ClNOS. The lowest BCUT2D eigenvalue weighted by Crippen LogP contribution is -2.11. The van der Waals surface area contributed by atoms with Gasteiger partial charge in [-0.15, -0.1) is 11.8 Å². The number of halogens is 1. The van der Waals surface area contributed by atoms with Crippen LogP contribution in [0.25, 0.3) is 11.0 Å². The van der Waals surface area contributed by atoms with Gasteiger partial charge in [-0.05, 0) is 43.3 Å². The minimum Gasteiger partial charge on any atom is -0.459 e. The lowest BCUT2D eigenvalue weighted by molar-refractivity contribution is 0.516. The fraction of sp³-hybridized carbons (Fsp3) is 0.176. The van der Waals surface area contributed by atoms with Gasteiger partial charge in [0.1, 0.15) is 11.3 Å². The molecule has 0 spiro atoms. The molecule has 1 aromatic heterocycles. The van der Waals surface area contributed by atoms with Crippen molar-refractivity contribution in [3.05, 3.63) is 64.9 Å². The Labute approximate surface area is 133 Å². The topological polar surface area (TPSA) is 39.2 Å². The van der Waals surface area contributed by atoms with Crippen LogP contribution < -0.4 is 5.73 Å². The van der Waals surface area contributed by atoms with E-state index >= 15 is 0 Å². The number of hydrogen-bond acceptors (Lipinski definition) is 3. The molecule has 4 heteroatoms. The summed E-state index contributed by atoms with van der Waals surface area (Å²) in [6.07, 6.45) is 0. The van der Waals surface area contributed by atoms with Gasteiger partial charge >= 0.3 is 0 Å². The first-order chi connectivity index (χ1) is 10.1. The van der Waals surface area contributed by atoms with E-state index in [4.69, 9.17) is 21.8 Å². The molecule has 21 heavy (non-hydrogen) atoms. The van der Waals surface area contributed by atoms with Crippen molar-refractivity contribution in [2.45, 2.75) is 17.9 Å². The largest absolute Gasteiger partial charge is 0.459 e. The second-order valence-corrected chi connectivity index (χ2v) is 6.59. The average Bonchev–Trinajstić information content (AvgIpc) is 2.88. The van der Waals surface area contributed by atoms with Crippen LogP contribution in [0.15, 0.2) is 57.8 Å². The van der Waals surface area contributed by atoms with Gasteiger partial charge in [-0.25, -0.2) is 0 Å². The number of nitrogens with two attached hydrogens (primary N) is 1. The zero-order valence-electron chi connectivity index (χ0n) is 11.7. The molecule has 0 fully saturated rings. The predicted octanol–water partition coefficient (Wildman–Crippen LogP) is 5.19. The van der Waals surface area contributed by atoms with Crippen LogP contribution >= 0.6 is 23.4 Å². The number of aryl methyl sites for hydroxylation is 1. The summed E-state index contributed by atoms with van der Waals surface area (Å²) in [5.74, 6) is 1.57. The van der Waals surface area contributed by atoms with Gasteiger partial charge in [-0.1, -0.05) is 29.3 Å². The first-order valence-electron chi connectivity index (χ1n) is 6.76. The molecule has 1 unspecified atom stereocenters. The molecule has 0 saturated heterocycles. The highest BCUT2D eigenvalue weighted by Crippen LogP contribution is 2.29. The summed E-state index contributed by atoms with van der Waals surface area (Å²) in [5.41, 5.74) is 8.32. The number of benzene rings is 2. The van der Waals surface area contributed by atoms with Crippen molar-refractivity contribution in [3.8, 4) is 0 Å². The molecule has 0 aliphatic heterocycles. The summed E-state index contributed by atoms with van der Waals surface area (Å²) in [5, 5.41) is 1.70. The molecule has 1 atom stereocenters. The summed E-state index contributed by atoms with van der Waals surface area (Å²) in [6, 6.07) is 15.8. The molecule has 1 heterocycles. The smallest absolute Gasteiger partial charge is 0.134 e. The van der Waals surface area contributed by atoms with E-state index in [9.17, 15) is 0 Å². The van der Waals surface area contributed by atoms with Gasteiger partial charge in [0.15, 0.2) is 0 Å². The van der Waals surface area contributed by atoms with E-state index in [0.29, 0.717) is 5.02 Å². The zero-order chi connectivity index (χ0) is 14.8. The molecular weight excluding hydrogens is 302 g/mol. The normalized spacial score (nSPS) is 12.7. The SMILES string of the molecule is Cc1cccc(SCC(N)c2cc3cc(Cl)ccc3o2)c1. The molecule has 3 rings (SSSR count). The molecule has 0 bridgehead atoms. The molecule has 0 amide bonds. The van der Waals surface area contributed by atoms with Crippen molar-refractivity contribution < 1.29 is 4.42 Å². The first kappa shape index (κ1) is 14.5. The van der Waals surface area contributed by atoms with Gasteiger partial charge in [0.2, 0.25) is 0 Å². The van der Waals surface area contributed by atoms with Crippen molar-refractivity contribution in [1.29, 1.82) is 0 Å². The molecule has 0 radical (unpaired) electrons.